The minimum absolute atomic E-state index is 0.196. The van der Waals surface area contributed by atoms with Crippen LogP contribution in [0, 0.1) is 0 Å². The van der Waals surface area contributed by atoms with E-state index in [4.69, 9.17) is 27.4 Å². The number of ether oxygens (including phenoxy) is 2. The number of thiocarbonyl (C=S) groups is 1. The molecule has 1 aromatic heterocycles. The van der Waals surface area contributed by atoms with Crippen LogP contribution in [0.5, 0.6) is 11.5 Å². The zero-order valence-electron chi connectivity index (χ0n) is 12.0. The summed E-state index contributed by atoms with van der Waals surface area (Å²) in [7, 11) is 3.30. The Morgan fingerprint density at radius 3 is 2.86 bits per heavy atom. The molecule has 7 heteroatoms. The maximum atomic E-state index is 5.47. The number of benzene rings is 1. The van der Waals surface area contributed by atoms with E-state index in [9.17, 15) is 0 Å². The highest BCUT2D eigenvalue weighted by atomic mass is 32.1. The van der Waals surface area contributed by atoms with Crippen molar-refractivity contribution in [3.8, 4) is 11.5 Å². The molecule has 21 heavy (non-hydrogen) atoms. The van der Waals surface area contributed by atoms with Gasteiger partial charge in [-0.2, -0.15) is 0 Å². The number of hydrogen-bond acceptors (Lipinski definition) is 4. The van der Waals surface area contributed by atoms with E-state index in [0.29, 0.717) is 12.5 Å². The van der Waals surface area contributed by atoms with Gasteiger partial charge in [-0.25, -0.2) is 4.98 Å². The summed E-state index contributed by atoms with van der Waals surface area (Å²) in [5.41, 5.74) is 6.54. The van der Waals surface area contributed by atoms with E-state index in [-0.39, 0.29) is 5.11 Å². The third-order valence-electron chi connectivity index (χ3n) is 3.06. The molecule has 0 unspecified atom stereocenters. The summed E-state index contributed by atoms with van der Waals surface area (Å²) in [6.45, 7) is 0.717. The maximum Gasteiger partial charge on any atom is 0.209 e. The van der Waals surface area contributed by atoms with Gasteiger partial charge in [-0.1, -0.05) is 0 Å². The third-order valence-corrected chi connectivity index (χ3v) is 3.16. The second kappa shape index (κ2) is 6.94. The van der Waals surface area contributed by atoms with Gasteiger partial charge >= 0.3 is 0 Å². The fourth-order valence-electron chi connectivity index (χ4n) is 2.04. The number of anilines is 1. The van der Waals surface area contributed by atoms with Gasteiger partial charge in [0, 0.05) is 18.9 Å². The summed E-state index contributed by atoms with van der Waals surface area (Å²) in [6.07, 6.45) is 4.33. The Morgan fingerprint density at radius 2 is 2.19 bits per heavy atom. The lowest BCUT2D eigenvalue weighted by molar-refractivity contribution is 0.397. The van der Waals surface area contributed by atoms with Crippen molar-refractivity contribution in [2.45, 2.75) is 13.0 Å². The highest BCUT2D eigenvalue weighted by Gasteiger charge is 2.08. The van der Waals surface area contributed by atoms with Crippen molar-refractivity contribution in [1.82, 2.24) is 9.55 Å². The Morgan fingerprint density at radius 1 is 1.38 bits per heavy atom. The SMILES string of the molecule is COc1ccc(OC)c(CCn2ccnc2NC(N)=S)c1. The van der Waals surface area contributed by atoms with Crippen molar-refractivity contribution < 1.29 is 9.47 Å². The lowest BCUT2D eigenvalue weighted by Crippen LogP contribution is -2.21. The number of aryl methyl sites for hydroxylation is 2. The van der Waals surface area contributed by atoms with Crippen LogP contribution in [0.25, 0.3) is 0 Å². The zero-order valence-corrected chi connectivity index (χ0v) is 12.8. The summed E-state index contributed by atoms with van der Waals surface area (Å²) in [5.74, 6) is 2.27. The monoisotopic (exact) mass is 306 g/mol. The summed E-state index contributed by atoms with van der Waals surface area (Å²) < 4.78 is 12.6. The number of nitrogens with two attached hydrogens (primary N) is 1. The number of hydrogen-bond donors (Lipinski definition) is 2. The molecule has 2 rings (SSSR count). The van der Waals surface area contributed by atoms with E-state index in [2.05, 4.69) is 10.3 Å². The normalized spacial score (nSPS) is 10.2. The molecular formula is C14H18N4O2S. The van der Waals surface area contributed by atoms with Crippen molar-refractivity contribution in [3.63, 3.8) is 0 Å². The summed E-state index contributed by atoms with van der Waals surface area (Å²) >= 11 is 4.83. The van der Waals surface area contributed by atoms with Gasteiger partial charge in [-0.3, -0.25) is 0 Å². The topological polar surface area (TPSA) is 74.3 Å². The molecule has 0 saturated heterocycles. The number of imidazole rings is 1. The second-order valence-corrected chi connectivity index (χ2v) is 4.80. The molecule has 0 saturated carbocycles. The van der Waals surface area contributed by atoms with Gasteiger partial charge in [0.15, 0.2) is 5.11 Å². The molecule has 0 bridgehead atoms. The highest BCUT2D eigenvalue weighted by Crippen LogP contribution is 2.25. The van der Waals surface area contributed by atoms with Gasteiger partial charge in [-0.05, 0) is 42.4 Å². The molecule has 0 fully saturated rings. The van der Waals surface area contributed by atoms with Gasteiger partial charge in [0.05, 0.1) is 14.2 Å². The van der Waals surface area contributed by atoms with Crippen LogP contribution in [0.3, 0.4) is 0 Å². The molecule has 1 aromatic carbocycles. The van der Waals surface area contributed by atoms with Crippen LogP contribution in [0.4, 0.5) is 5.95 Å². The molecule has 0 radical (unpaired) electrons. The molecule has 112 valence electrons. The predicted molar refractivity (Wildman–Crippen MR) is 85.9 cm³/mol. The average molecular weight is 306 g/mol. The van der Waals surface area contributed by atoms with Crippen LogP contribution in [0.1, 0.15) is 5.56 Å². The van der Waals surface area contributed by atoms with Crippen LogP contribution in [-0.2, 0) is 13.0 Å². The molecule has 2 aromatic rings. The van der Waals surface area contributed by atoms with Crippen LogP contribution in [0.2, 0.25) is 0 Å². The summed E-state index contributed by atoms with van der Waals surface area (Å²) in [5, 5.41) is 3.04. The first kappa shape index (κ1) is 15.1. The van der Waals surface area contributed by atoms with E-state index >= 15 is 0 Å². The Hall–Kier alpha value is -2.28. The molecule has 0 amide bonds. The number of rotatable bonds is 6. The van der Waals surface area contributed by atoms with Crippen molar-refractivity contribution in [1.29, 1.82) is 0 Å². The van der Waals surface area contributed by atoms with Crippen molar-refractivity contribution in [2.75, 3.05) is 19.5 Å². The number of nitrogens with zero attached hydrogens (tertiary/aromatic N) is 2. The molecular weight excluding hydrogens is 288 g/mol. The number of aromatic nitrogens is 2. The highest BCUT2D eigenvalue weighted by molar-refractivity contribution is 7.80. The van der Waals surface area contributed by atoms with E-state index in [1.165, 1.54) is 0 Å². The Bertz CT molecular complexity index is 627. The van der Waals surface area contributed by atoms with E-state index < -0.39 is 0 Å². The fourth-order valence-corrected chi connectivity index (χ4v) is 2.13. The van der Waals surface area contributed by atoms with E-state index in [1.807, 2.05) is 29.0 Å². The lowest BCUT2D eigenvalue weighted by atomic mass is 10.1. The summed E-state index contributed by atoms with van der Waals surface area (Å²) in [4.78, 5) is 4.17. The number of methoxy groups -OCH3 is 2. The molecule has 0 atom stereocenters. The zero-order chi connectivity index (χ0) is 15.2. The Balaban J connectivity index is 2.12. The first-order chi connectivity index (χ1) is 10.1. The fraction of sp³-hybridized carbons (Fsp3) is 0.286. The van der Waals surface area contributed by atoms with Gasteiger partial charge in [0.1, 0.15) is 11.5 Å². The Labute approximate surface area is 128 Å². The second-order valence-electron chi connectivity index (χ2n) is 4.36. The quantitative estimate of drug-likeness (QED) is 0.793. The van der Waals surface area contributed by atoms with Gasteiger partial charge < -0.3 is 25.1 Å². The van der Waals surface area contributed by atoms with Crippen LogP contribution >= 0.6 is 12.2 Å². The molecule has 0 aliphatic rings. The molecule has 0 spiro atoms. The van der Waals surface area contributed by atoms with Gasteiger partial charge in [-0.15, -0.1) is 0 Å². The molecule has 0 aliphatic carbocycles. The molecule has 6 nitrogen and oxygen atoms in total. The minimum Gasteiger partial charge on any atom is -0.497 e. The molecule has 1 heterocycles. The van der Waals surface area contributed by atoms with Crippen LogP contribution in [0.15, 0.2) is 30.6 Å². The van der Waals surface area contributed by atoms with Crippen molar-refractivity contribution in [3.05, 3.63) is 36.2 Å². The predicted octanol–water partition coefficient (Wildman–Crippen LogP) is 1.80. The number of nitrogens with one attached hydrogen (secondary N) is 1. The van der Waals surface area contributed by atoms with Crippen molar-refractivity contribution >= 4 is 23.3 Å². The lowest BCUT2D eigenvalue weighted by Gasteiger charge is -2.12. The third kappa shape index (κ3) is 3.85. The van der Waals surface area contributed by atoms with Crippen molar-refractivity contribution in [2.24, 2.45) is 5.73 Å². The minimum atomic E-state index is 0.196. The maximum absolute atomic E-state index is 5.47. The Kier molecular flexibility index (Phi) is 4.99. The first-order valence-electron chi connectivity index (χ1n) is 6.42. The van der Waals surface area contributed by atoms with E-state index in [1.54, 1.807) is 20.4 Å². The van der Waals surface area contributed by atoms with E-state index in [0.717, 1.165) is 23.5 Å². The average Bonchev–Trinajstić information content (AvgIpc) is 2.91. The van der Waals surface area contributed by atoms with Gasteiger partial charge in [0.25, 0.3) is 0 Å². The van der Waals surface area contributed by atoms with Gasteiger partial charge in [0.2, 0.25) is 5.95 Å². The van der Waals surface area contributed by atoms with Crippen LogP contribution in [-0.4, -0.2) is 28.9 Å². The summed E-state index contributed by atoms with van der Waals surface area (Å²) in [6, 6.07) is 5.74. The first-order valence-corrected chi connectivity index (χ1v) is 6.83. The smallest absolute Gasteiger partial charge is 0.209 e. The standard InChI is InChI=1S/C14H18N4O2S/c1-19-11-3-4-12(20-2)10(9-11)5-7-18-8-6-16-14(18)17-13(15)21/h3-4,6,8-9H,5,7H2,1-2H3,(H3,15,16,17,21). The molecule has 0 aliphatic heterocycles. The molecule has 3 N–H and O–H groups in total. The largest absolute Gasteiger partial charge is 0.497 e. The van der Waals surface area contributed by atoms with Crippen LogP contribution < -0.4 is 20.5 Å².